The van der Waals surface area contributed by atoms with Gasteiger partial charge in [0.1, 0.15) is 11.5 Å². The number of nitrogens with zero attached hydrogens (tertiary/aromatic N) is 2. The number of aromatic nitrogens is 2. The SMILES string of the molecule is C=C(NCCC)c1c(NC(C)=O)nc(C2CCCCC2)n1C. The quantitative estimate of drug-likeness (QED) is 0.847. The Morgan fingerprint density at radius 1 is 1.36 bits per heavy atom. The number of hydrogen-bond donors (Lipinski definition) is 2. The molecule has 0 spiro atoms. The van der Waals surface area contributed by atoms with Crippen molar-refractivity contribution in [1.82, 2.24) is 14.9 Å². The molecular formula is C17H28N4O. The monoisotopic (exact) mass is 304 g/mol. The van der Waals surface area contributed by atoms with Crippen molar-refractivity contribution in [3.63, 3.8) is 0 Å². The van der Waals surface area contributed by atoms with Crippen LogP contribution in [0.2, 0.25) is 0 Å². The summed E-state index contributed by atoms with van der Waals surface area (Å²) in [6, 6.07) is 0. The Kier molecular flexibility index (Phi) is 5.63. The third kappa shape index (κ3) is 3.70. The van der Waals surface area contributed by atoms with Gasteiger partial charge in [-0.1, -0.05) is 32.8 Å². The Morgan fingerprint density at radius 3 is 2.64 bits per heavy atom. The molecule has 122 valence electrons. The Morgan fingerprint density at radius 2 is 2.05 bits per heavy atom. The molecule has 1 aliphatic rings. The number of amides is 1. The van der Waals surface area contributed by atoms with Gasteiger partial charge < -0.3 is 15.2 Å². The molecule has 0 saturated heterocycles. The minimum absolute atomic E-state index is 0.0992. The average Bonchev–Trinajstić information content (AvgIpc) is 2.81. The second-order valence-corrected chi connectivity index (χ2v) is 6.15. The standard InChI is InChI=1S/C17H28N4O/c1-5-11-18-12(2)15-16(19-13(3)22)20-17(21(15)4)14-9-7-6-8-10-14/h14,18H,2,5-11H2,1,3-4H3,(H,19,22). The van der Waals surface area contributed by atoms with Gasteiger partial charge in [0, 0.05) is 26.4 Å². The molecule has 1 aliphatic carbocycles. The van der Waals surface area contributed by atoms with E-state index in [4.69, 9.17) is 4.98 Å². The van der Waals surface area contributed by atoms with Crippen LogP contribution in [0.3, 0.4) is 0 Å². The lowest BCUT2D eigenvalue weighted by Gasteiger charge is -2.21. The number of rotatable bonds is 6. The van der Waals surface area contributed by atoms with Crippen molar-refractivity contribution in [1.29, 1.82) is 0 Å². The predicted octanol–water partition coefficient (Wildman–Crippen LogP) is 3.40. The first-order chi connectivity index (χ1) is 10.5. The highest BCUT2D eigenvalue weighted by molar-refractivity contribution is 5.90. The zero-order valence-electron chi connectivity index (χ0n) is 14.0. The van der Waals surface area contributed by atoms with E-state index in [0.29, 0.717) is 11.7 Å². The Bertz CT molecular complexity index is 541. The lowest BCUT2D eigenvalue weighted by Crippen LogP contribution is -2.17. The van der Waals surface area contributed by atoms with E-state index in [9.17, 15) is 4.79 Å². The largest absolute Gasteiger partial charge is 0.384 e. The van der Waals surface area contributed by atoms with E-state index in [1.165, 1.54) is 39.0 Å². The Labute approximate surface area is 133 Å². The summed E-state index contributed by atoms with van der Waals surface area (Å²) in [4.78, 5) is 16.2. The minimum atomic E-state index is -0.0992. The molecule has 0 unspecified atom stereocenters. The molecule has 1 amide bonds. The van der Waals surface area contributed by atoms with Crippen molar-refractivity contribution in [3.05, 3.63) is 18.1 Å². The van der Waals surface area contributed by atoms with E-state index < -0.39 is 0 Å². The van der Waals surface area contributed by atoms with E-state index in [-0.39, 0.29) is 5.91 Å². The van der Waals surface area contributed by atoms with Gasteiger partial charge in [-0.15, -0.1) is 0 Å². The normalized spacial score (nSPS) is 15.6. The van der Waals surface area contributed by atoms with Gasteiger partial charge in [0.05, 0.1) is 5.70 Å². The van der Waals surface area contributed by atoms with Gasteiger partial charge in [-0.2, -0.15) is 0 Å². The predicted molar refractivity (Wildman–Crippen MR) is 90.7 cm³/mol. The van der Waals surface area contributed by atoms with Crippen LogP contribution < -0.4 is 10.6 Å². The highest BCUT2D eigenvalue weighted by atomic mass is 16.1. The number of carbonyl (C=O) groups is 1. The van der Waals surface area contributed by atoms with Crippen LogP contribution in [0.4, 0.5) is 5.82 Å². The van der Waals surface area contributed by atoms with E-state index in [1.54, 1.807) is 0 Å². The van der Waals surface area contributed by atoms with E-state index in [2.05, 4.69) is 28.7 Å². The second-order valence-electron chi connectivity index (χ2n) is 6.15. The minimum Gasteiger partial charge on any atom is -0.384 e. The number of carbonyl (C=O) groups excluding carboxylic acids is 1. The molecule has 0 bridgehead atoms. The molecule has 1 aromatic heterocycles. The zero-order valence-corrected chi connectivity index (χ0v) is 14.0. The second kappa shape index (κ2) is 7.47. The summed E-state index contributed by atoms with van der Waals surface area (Å²) >= 11 is 0. The average molecular weight is 304 g/mol. The van der Waals surface area contributed by atoms with Gasteiger partial charge in [-0.3, -0.25) is 4.79 Å². The van der Waals surface area contributed by atoms with Gasteiger partial charge in [0.2, 0.25) is 5.91 Å². The van der Waals surface area contributed by atoms with Crippen molar-refractivity contribution in [2.45, 2.75) is 58.3 Å². The fourth-order valence-electron chi connectivity index (χ4n) is 3.20. The molecule has 1 heterocycles. The first-order valence-corrected chi connectivity index (χ1v) is 8.32. The van der Waals surface area contributed by atoms with Crippen LogP contribution in [-0.2, 0) is 11.8 Å². The first-order valence-electron chi connectivity index (χ1n) is 8.32. The van der Waals surface area contributed by atoms with Crippen molar-refractivity contribution in [3.8, 4) is 0 Å². The van der Waals surface area contributed by atoms with Gasteiger partial charge >= 0.3 is 0 Å². The highest BCUT2D eigenvalue weighted by Gasteiger charge is 2.25. The summed E-state index contributed by atoms with van der Waals surface area (Å²) in [7, 11) is 2.02. The topological polar surface area (TPSA) is 58.9 Å². The van der Waals surface area contributed by atoms with Crippen LogP contribution in [-0.4, -0.2) is 22.0 Å². The Balaban J connectivity index is 2.33. The number of imidazole rings is 1. The van der Waals surface area contributed by atoms with Crippen LogP contribution in [0, 0.1) is 0 Å². The molecule has 1 aromatic rings. The first kappa shape index (κ1) is 16.6. The molecule has 2 rings (SSSR count). The highest BCUT2D eigenvalue weighted by Crippen LogP contribution is 2.34. The lowest BCUT2D eigenvalue weighted by atomic mass is 9.89. The summed E-state index contributed by atoms with van der Waals surface area (Å²) in [6.07, 6.45) is 7.23. The maximum atomic E-state index is 11.5. The van der Waals surface area contributed by atoms with Crippen LogP contribution in [0.5, 0.6) is 0 Å². The molecule has 22 heavy (non-hydrogen) atoms. The van der Waals surface area contributed by atoms with Gasteiger partial charge in [0.25, 0.3) is 0 Å². The van der Waals surface area contributed by atoms with Crippen molar-refractivity contribution in [2.75, 3.05) is 11.9 Å². The summed E-state index contributed by atoms with van der Waals surface area (Å²) in [5.74, 6) is 2.08. The molecule has 1 saturated carbocycles. The van der Waals surface area contributed by atoms with E-state index >= 15 is 0 Å². The van der Waals surface area contributed by atoms with Gasteiger partial charge in [-0.25, -0.2) is 4.98 Å². The molecule has 5 heteroatoms. The van der Waals surface area contributed by atoms with Gasteiger partial charge in [-0.05, 0) is 19.3 Å². The van der Waals surface area contributed by atoms with Crippen LogP contribution >= 0.6 is 0 Å². The fourth-order valence-corrected chi connectivity index (χ4v) is 3.20. The van der Waals surface area contributed by atoms with Crippen molar-refractivity contribution in [2.24, 2.45) is 7.05 Å². The maximum Gasteiger partial charge on any atom is 0.222 e. The van der Waals surface area contributed by atoms with E-state index in [1.807, 2.05) is 7.05 Å². The zero-order chi connectivity index (χ0) is 16.1. The van der Waals surface area contributed by atoms with Crippen LogP contribution in [0.15, 0.2) is 6.58 Å². The van der Waals surface area contributed by atoms with Crippen molar-refractivity contribution < 1.29 is 4.79 Å². The smallest absolute Gasteiger partial charge is 0.222 e. The van der Waals surface area contributed by atoms with Gasteiger partial charge in [0.15, 0.2) is 5.82 Å². The third-order valence-corrected chi connectivity index (χ3v) is 4.27. The summed E-state index contributed by atoms with van der Waals surface area (Å²) in [5.41, 5.74) is 1.71. The molecular weight excluding hydrogens is 276 g/mol. The van der Waals surface area contributed by atoms with Crippen LogP contribution in [0.25, 0.3) is 5.70 Å². The fraction of sp³-hybridized carbons (Fsp3) is 0.647. The number of hydrogen-bond acceptors (Lipinski definition) is 3. The van der Waals surface area contributed by atoms with E-state index in [0.717, 1.165) is 30.2 Å². The summed E-state index contributed by atoms with van der Waals surface area (Å²) in [6.45, 7) is 8.62. The Hall–Kier alpha value is -1.78. The number of nitrogens with one attached hydrogen (secondary N) is 2. The number of anilines is 1. The maximum absolute atomic E-state index is 11.5. The molecule has 5 nitrogen and oxygen atoms in total. The molecule has 0 radical (unpaired) electrons. The molecule has 1 fully saturated rings. The lowest BCUT2D eigenvalue weighted by molar-refractivity contribution is -0.114. The molecule has 0 atom stereocenters. The summed E-state index contributed by atoms with van der Waals surface area (Å²) in [5, 5.41) is 6.17. The molecule has 0 aliphatic heterocycles. The molecule has 0 aromatic carbocycles. The van der Waals surface area contributed by atoms with Crippen molar-refractivity contribution >= 4 is 17.4 Å². The third-order valence-electron chi connectivity index (χ3n) is 4.27. The van der Waals surface area contributed by atoms with Crippen LogP contribution in [0.1, 0.15) is 69.8 Å². The molecule has 2 N–H and O–H groups in total. The summed E-state index contributed by atoms with van der Waals surface area (Å²) < 4.78 is 2.10.